The van der Waals surface area contributed by atoms with Crippen LogP contribution in [0.15, 0.2) is 46.9 Å². The van der Waals surface area contributed by atoms with E-state index in [2.05, 4.69) is 15.3 Å². The van der Waals surface area contributed by atoms with Crippen LogP contribution in [-0.2, 0) is 9.53 Å². The Bertz CT molecular complexity index is 1080. The smallest absolute Gasteiger partial charge is 0.318 e. The SMILES string of the molecule is CC(C)(C)NC(=O)N(CCN1CCOCC1)CC(=O)N1N=C(c2ccccc2F)CC1c1cccs1. The minimum absolute atomic E-state index is 0.123. The van der Waals surface area contributed by atoms with Crippen molar-refractivity contribution in [2.24, 2.45) is 5.10 Å². The fourth-order valence-electron chi connectivity index (χ4n) is 4.28. The van der Waals surface area contributed by atoms with Crippen molar-refractivity contribution in [3.05, 3.63) is 58.0 Å². The van der Waals surface area contributed by atoms with Gasteiger partial charge in [-0.1, -0.05) is 24.3 Å². The monoisotopic (exact) mass is 515 g/mol. The molecule has 0 bridgehead atoms. The Balaban J connectivity index is 1.54. The number of amides is 3. The number of hydrazone groups is 1. The van der Waals surface area contributed by atoms with E-state index in [0.29, 0.717) is 44.0 Å². The van der Waals surface area contributed by atoms with Gasteiger partial charge >= 0.3 is 6.03 Å². The number of carbonyl (C=O) groups excluding carboxylic acids is 2. The van der Waals surface area contributed by atoms with Gasteiger partial charge in [0.1, 0.15) is 12.4 Å². The van der Waals surface area contributed by atoms with Crippen molar-refractivity contribution in [1.82, 2.24) is 20.1 Å². The summed E-state index contributed by atoms with van der Waals surface area (Å²) in [6, 6.07) is 9.72. The number of carbonyl (C=O) groups is 2. The molecule has 1 unspecified atom stereocenters. The van der Waals surface area contributed by atoms with Crippen molar-refractivity contribution < 1.29 is 18.7 Å². The van der Waals surface area contributed by atoms with Gasteiger partial charge in [-0.05, 0) is 38.3 Å². The van der Waals surface area contributed by atoms with Crippen LogP contribution in [0.5, 0.6) is 0 Å². The standard InChI is InChI=1S/C26H34FN5O3S/c1-26(2,3)28-25(34)31(11-10-30-12-14-35-15-13-30)18-24(33)32-22(23-9-6-16-36-23)17-21(29-32)19-7-4-5-8-20(19)27/h4-9,16,22H,10-15,17-18H2,1-3H3,(H,28,34). The lowest BCUT2D eigenvalue weighted by Crippen LogP contribution is -2.53. The molecule has 0 radical (unpaired) electrons. The summed E-state index contributed by atoms with van der Waals surface area (Å²) in [4.78, 5) is 31.5. The van der Waals surface area contributed by atoms with E-state index in [1.165, 1.54) is 22.4 Å². The Morgan fingerprint density at radius 1 is 1.19 bits per heavy atom. The molecule has 2 aliphatic rings. The van der Waals surface area contributed by atoms with E-state index in [0.717, 1.165) is 18.0 Å². The summed E-state index contributed by atoms with van der Waals surface area (Å²) in [5.41, 5.74) is 0.476. The number of ether oxygens (including phenoxy) is 1. The fourth-order valence-corrected chi connectivity index (χ4v) is 5.09. The molecule has 4 rings (SSSR count). The number of morpholine rings is 1. The second kappa shape index (κ2) is 11.5. The maximum Gasteiger partial charge on any atom is 0.318 e. The Hall–Kier alpha value is -2.82. The molecular weight excluding hydrogens is 481 g/mol. The minimum Gasteiger partial charge on any atom is -0.379 e. The third kappa shape index (κ3) is 6.68. The zero-order chi connectivity index (χ0) is 25.7. The van der Waals surface area contributed by atoms with Gasteiger partial charge in [-0.2, -0.15) is 5.10 Å². The van der Waals surface area contributed by atoms with Crippen LogP contribution in [0.25, 0.3) is 0 Å². The predicted molar refractivity (Wildman–Crippen MR) is 139 cm³/mol. The van der Waals surface area contributed by atoms with Gasteiger partial charge in [0.15, 0.2) is 0 Å². The number of hydrogen-bond donors (Lipinski definition) is 1. The molecule has 36 heavy (non-hydrogen) atoms. The van der Waals surface area contributed by atoms with Crippen LogP contribution in [-0.4, -0.2) is 83.9 Å². The molecule has 0 aliphatic carbocycles. The van der Waals surface area contributed by atoms with E-state index in [4.69, 9.17) is 4.74 Å². The number of halogens is 1. The number of rotatable bonds is 7. The molecule has 8 nitrogen and oxygen atoms in total. The van der Waals surface area contributed by atoms with Gasteiger partial charge in [-0.15, -0.1) is 11.3 Å². The van der Waals surface area contributed by atoms with Crippen LogP contribution >= 0.6 is 11.3 Å². The molecule has 1 saturated heterocycles. The second-order valence-corrected chi connectivity index (χ2v) is 11.0. The van der Waals surface area contributed by atoms with Crippen molar-refractivity contribution in [2.45, 2.75) is 38.8 Å². The summed E-state index contributed by atoms with van der Waals surface area (Å²) >= 11 is 1.53. The number of hydrogen-bond acceptors (Lipinski definition) is 6. The summed E-state index contributed by atoms with van der Waals surface area (Å²) in [6.45, 7) is 9.57. The molecule has 2 aliphatic heterocycles. The second-order valence-electron chi connectivity index (χ2n) is 10.1. The van der Waals surface area contributed by atoms with Crippen LogP contribution in [0.4, 0.5) is 9.18 Å². The molecule has 1 N–H and O–H groups in total. The normalized spacial score (nSPS) is 18.7. The highest BCUT2D eigenvalue weighted by molar-refractivity contribution is 7.10. The Morgan fingerprint density at radius 2 is 1.94 bits per heavy atom. The number of nitrogens with zero attached hydrogens (tertiary/aromatic N) is 4. The Labute approximate surface area is 215 Å². The maximum atomic E-state index is 14.5. The molecule has 0 spiro atoms. The molecule has 1 aromatic carbocycles. The number of nitrogens with one attached hydrogen (secondary N) is 1. The zero-order valence-corrected chi connectivity index (χ0v) is 21.9. The first-order valence-corrected chi connectivity index (χ1v) is 13.1. The molecule has 3 amide bonds. The summed E-state index contributed by atoms with van der Waals surface area (Å²) in [5, 5.41) is 10.9. The van der Waals surface area contributed by atoms with E-state index in [9.17, 15) is 14.0 Å². The first-order valence-electron chi connectivity index (χ1n) is 12.3. The minimum atomic E-state index is -0.444. The highest BCUT2D eigenvalue weighted by Gasteiger charge is 2.36. The molecule has 2 aromatic rings. The predicted octanol–water partition coefficient (Wildman–Crippen LogP) is 3.71. The molecular formula is C26H34FN5O3S. The lowest BCUT2D eigenvalue weighted by atomic mass is 10.0. The average molecular weight is 516 g/mol. The third-order valence-electron chi connectivity index (χ3n) is 6.11. The van der Waals surface area contributed by atoms with Gasteiger partial charge in [0.2, 0.25) is 0 Å². The Kier molecular flexibility index (Phi) is 8.38. The number of urea groups is 1. The third-order valence-corrected chi connectivity index (χ3v) is 7.08. The lowest BCUT2D eigenvalue weighted by Gasteiger charge is -2.32. The largest absolute Gasteiger partial charge is 0.379 e. The number of thiophene rings is 1. The van der Waals surface area contributed by atoms with Crippen LogP contribution in [0.1, 0.15) is 43.7 Å². The summed E-state index contributed by atoms with van der Waals surface area (Å²) in [5.74, 6) is -0.669. The average Bonchev–Trinajstić information content (AvgIpc) is 3.51. The highest BCUT2D eigenvalue weighted by atomic mass is 32.1. The molecule has 1 atom stereocenters. The highest BCUT2D eigenvalue weighted by Crippen LogP contribution is 2.35. The first kappa shape index (κ1) is 26.2. The van der Waals surface area contributed by atoms with Crippen molar-refractivity contribution in [3.8, 4) is 0 Å². The molecule has 1 fully saturated rings. The summed E-state index contributed by atoms with van der Waals surface area (Å²) in [6.07, 6.45) is 0.412. The van der Waals surface area contributed by atoms with Gasteiger partial charge in [-0.25, -0.2) is 14.2 Å². The zero-order valence-electron chi connectivity index (χ0n) is 21.1. The van der Waals surface area contributed by atoms with Gasteiger partial charge in [0, 0.05) is 48.6 Å². The molecule has 1 aromatic heterocycles. The van der Waals surface area contributed by atoms with E-state index in [-0.39, 0.29) is 30.3 Å². The van der Waals surface area contributed by atoms with E-state index in [1.807, 2.05) is 38.3 Å². The molecule has 0 saturated carbocycles. The van der Waals surface area contributed by atoms with Crippen molar-refractivity contribution in [3.63, 3.8) is 0 Å². The summed E-state index contributed by atoms with van der Waals surface area (Å²) < 4.78 is 20.0. The van der Waals surface area contributed by atoms with Crippen molar-refractivity contribution >= 4 is 29.0 Å². The van der Waals surface area contributed by atoms with Crippen molar-refractivity contribution in [1.29, 1.82) is 0 Å². The van der Waals surface area contributed by atoms with Crippen LogP contribution in [0.3, 0.4) is 0 Å². The van der Waals surface area contributed by atoms with Crippen LogP contribution < -0.4 is 5.32 Å². The topological polar surface area (TPSA) is 77.5 Å². The van der Waals surface area contributed by atoms with E-state index >= 15 is 0 Å². The Morgan fingerprint density at radius 3 is 2.61 bits per heavy atom. The van der Waals surface area contributed by atoms with Gasteiger partial charge in [-0.3, -0.25) is 9.69 Å². The van der Waals surface area contributed by atoms with Crippen molar-refractivity contribution in [2.75, 3.05) is 45.9 Å². The quantitative estimate of drug-likeness (QED) is 0.610. The maximum absolute atomic E-state index is 14.5. The van der Waals surface area contributed by atoms with Gasteiger partial charge in [0.05, 0.1) is 25.0 Å². The summed E-state index contributed by atoms with van der Waals surface area (Å²) in [7, 11) is 0. The van der Waals surface area contributed by atoms with Gasteiger partial charge < -0.3 is 15.0 Å². The number of benzene rings is 1. The van der Waals surface area contributed by atoms with E-state index in [1.54, 1.807) is 23.1 Å². The molecule has 3 heterocycles. The fraction of sp³-hybridized carbons (Fsp3) is 0.500. The van der Waals surface area contributed by atoms with Crippen LogP contribution in [0.2, 0.25) is 0 Å². The molecule has 10 heteroatoms. The van der Waals surface area contributed by atoms with Crippen LogP contribution in [0, 0.1) is 5.82 Å². The van der Waals surface area contributed by atoms with Gasteiger partial charge in [0.25, 0.3) is 5.91 Å². The lowest BCUT2D eigenvalue weighted by molar-refractivity contribution is -0.133. The molecule has 194 valence electrons. The first-order chi connectivity index (χ1) is 17.2. The van der Waals surface area contributed by atoms with E-state index < -0.39 is 5.54 Å².